The fourth-order valence-corrected chi connectivity index (χ4v) is 4.08. The molecule has 3 amide bonds. The quantitative estimate of drug-likeness (QED) is 0.665. The Hall–Kier alpha value is -2.03. The zero-order valence-corrected chi connectivity index (χ0v) is 13.2. The summed E-state index contributed by atoms with van der Waals surface area (Å²) in [5.41, 5.74) is -2.11. The van der Waals surface area contributed by atoms with E-state index in [1.54, 1.807) is 0 Å². The Morgan fingerprint density at radius 1 is 1.33 bits per heavy atom. The van der Waals surface area contributed by atoms with Crippen molar-refractivity contribution in [3.8, 4) is 0 Å². The first-order valence-electron chi connectivity index (χ1n) is 7.15. The minimum absolute atomic E-state index is 0.188. The van der Waals surface area contributed by atoms with Gasteiger partial charge in [-0.2, -0.15) is 24.9 Å². The highest BCUT2D eigenvalue weighted by molar-refractivity contribution is 7.99. The number of nitrogens with one attached hydrogen (secondary N) is 1. The largest absolute Gasteiger partial charge is 0.416 e. The van der Waals surface area contributed by atoms with Crippen LogP contribution in [0, 0.1) is 0 Å². The molecule has 2 fully saturated rings. The predicted molar refractivity (Wildman–Crippen MR) is 80.7 cm³/mol. The van der Waals surface area contributed by atoms with Gasteiger partial charge in [-0.3, -0.25) is 14.5 Å². The topological polar surface area (TPSA) is 66.5 Å². The third-order valence-corrected chi connectivity index (χ3v) is 5.27. The van der Waals surface area contributed by atoms with Crippen LogP contribution >= 0.6 is 11.8 Å². The lowest BCUT2D eigenvalue weighted by atomic mass is 9.99. The molecule has 1 spiro atoms. The number of urea groups is 1. The Bertz CT molecular complexity index is 714. The van der Waals surface area contributed by atoms with Crippen LogP contribution in [0.2, 0.25) is 0 Å². The van der Waals surface area contributed by atoms with Crippen LogP contribution in [-0.2, 0) is 11.0 Å². The van der Waals surface area contributed by atoms with E-state index in [-0.39, 0.29) is 5.56 Å². The molecule has 0 aliphatic carbocycles. The van der Waals surface area contributed by atoms with Gasteiger partial charge in [-0.1, -0.05) is 12.1 Å². The average Bonchev–Trinajstić information content (AvgIpc) is 3.08. The second kappa shape index (κ2) is 5.80. The van der Waals surface area contributed by atoms with Gasteiger partial charge < -0.3 is 5.32 Å². The molecule has 9 heteroatoms. The van der Waals surface area contributed by atoms with Gasteiger partial charge in [0.1, 0.15) is 5.54 Å². The highest BCUT2D eigenvalue weighted by Crippen LogP contribution is 2.33. The van der Waals surface area contributed by atoms with E-state index in [9.17, 15) is 27.6 Å². The molecule has 1 unspecified atom stereocenters. The lowest BCUT2D eigenvalue weighted by molar-refractivity contribution is -0.137. The molecule has 2 aliphatic heterocycles. The van der Waals surface area contributed by atoms with Crippen molar-refractivity contribution in [2.24, 2.45) is 0 Å². The molecule has 1 N–H and O–H groups in total. The van der Waals surface area contributed by atoms with Gasteiger partial charge in [-0.05, 0) is 24.3 Å². The third kappa shape index (κ3) is 2.88. The Kier molecular flexibility index (Phi) is 4.06. The van der Waals surface area contributed by atoms with Gasteiger partial charge in [0.05, 0.1) is 12.1 Å². The smallest absolute Gasteiger partial charge is 0.322 e. The van der Waals surface area contributed by atoms with Crippen LogP contribution in [0.15, 0.2) is 24.3 Å². The highest BCUT2D eigenvalue weighted by Gasteiger charge is 2.53. The molecule has 1 aromatic rings. The number of halogens is 3. The summed E-state index contributed by atoms with van der Waals surface area (Å²) < 4.78 is 38.2. The number of carbonyl (C=O) groups is 3. The van der Waals surface area contributed by atoms with Crippen molar-refractivity contribution >= 4 is 29.5 Å². The van der Waals surface area contributed by atoms with Gasteiger partial charge in [-0.15, -0.1) is 0 Å². The summed E-state index contributed by atoms with van der Waals surface area (Å²) in [6.45, 7) is -0.571. The number of nitrogens with zero attached hydrogens (tertiary/aromatic N) is 1. The van der Waals surface area contributed by atoms with E-state index in [0.29, 0.717) is 12.2 Å². The van der Waals surface area contributed by atoms with E-state index in [2.05, 4.69) is 5.32 Å². The fraction of sp³-hybridized carbons (Fsp3) is 0.400. The summed E-state index contributed by atoms with van der Waals surface area (Å²) in [6.07, 6.45) is -4.08. The number of hydrogen-bond acceptors (Lipinski definition) is 4. The molecule has 128 valence electrons. The number of rotatable bonds is 3. The van der Waals surface area contributed by atoms with Crippen LogP contribution in [0.4, 0.5) is 18.0 Å². The number of carbonyl (C=O) groups excluding carboxylic acids is 3. The molecule has 0 bridgehead atoms. The number of amides is 3. The number of Topliss-reactive ketones (excluding diaryl/α,β-unsaturated/α-hetero) is 1. The summed E-state index contributed by atoms with van der Waals surface area (Å²) in [6, 6.07) is 3.26. The van der Waals surface area contributed by atoms with Crippen molar-refractivity contribution in [2.45, 2.75) is 18.1 Å². The molecule has 0 saturated carbocycles. The molecule has 1 atom stereocenters. The van der Waals surface area contributed by atoms with Crippen LogP contribution in [0.25, 0.3) is 0 Å². The van der Waals surface area contributed by atoms with Crippen LogP contribution in [0.3, 0.4) is 0 Å². The number of ketones is 1. The first kappa shape index (κ1) is 16.8. The van der Waals surface area contributed by atoms with Gasteiger partial charge in [0.2, 0.25) is 0 Å². The molecule has 5 nitrogen and oxygen atoms in total. The van der Waals surface area contributed by atoms with E-state index < -0.39 is 41.5 Å². The van der Waals surface area contributed by atoms with Crippen molar-refractivity contribution < 1.29 is 27.6 Å². The first-order chi connectivity index (χ1) is 11.2. The Balaban J connectivity index is 1.78. The first-order valence-corrected chi connectivity index (χ1v) is 8.31. The number of thioether (sulfide) groups is 1. The van der Waals surface area contributed by atoms with E-state index in [1.165, 1.54) is 17.8 Å². The van der Waals surface area contributed by atoms with Gasteiger partial charge in [0.25, 0.3) is 5.91 Å². The third-order valence-electron chi connectivity index (χ3n) is 4.08. The molecular weight excluding hydrogens is 345 g/mol. The second-order valence-electron chi connectivity index (χ2n) is 5.71. The fourth-order valence-electron chi connectivity index (χ4n) is 2.76. The van der Waals surface area contributed by atoms with Crippen molar-refractivity contribution in [2.75, 3.05) is 18.1 Å². The van der Waals surface area contributed by atoms with E-state index in [1.807, 2.05) is 0 Å². The Morgan fingerprint density at radius 3 is 2.71 bits per heavy atom. The lowest BCUT2D eigenvalue weighted by Gasteiger charge is -2.19. The SMILES string of the molecule is O=C(CN1C(=O)NC2(CCSC2)C1=O)c1cccc(C(F)(F)F)c1. The average molecular weight is 358 g/mol. The van der Waals surface area contributed by atoms with Crippen molar-refractivity contribution in [3.63, 3.8) is 0 Å². The molecule has 0 aromatic heterocycles. The maximum absolute atomic E-state index is 12.7. The highest BCUT2D eigenvalue weighted by atomic mass is 32.2. The van der Waals surface area contributed by atoms with Gasteiger partial charge in [0.15, 0.2) is 5.78 Å². The van der Waals surface area contributed by atoms with Gasteiger partial charge >= 0.3 is 12.2 Å². The normalized spacial score (nSPS) is 23.9. The predicted octanol–water partition coefficient (Wildman–Crippen LogP) is 2.32. The van der Waals surface area contributed by atoms with Crippen LogP contribution in [0.1, 0.15) is 22.3 Å². The molecule has 24 heavy (non-hydrogen) atoms. The standard InChI is InChI=1S/C15H13F3N2O3S/c16-15(17,18)10-3-1-2-9(6-10)11(21)7-20-12(22)14(19-13(20)23)4-5-24-8-14/h1-3,6H,4-5,7-8H2,(H,19,23). The van der Waals surface area contributed by atoms with Gasteiger partial charge in [0, 0.05) is 11.3 Å². The summed E-state index contributed by atoms with van der Waals surface area (Å²) in [4.78, 5) is 37.4. The van der Waals surface area contributed by atoms with Crippen molar-refractivity contribution in [3.05, 3.63) is 35.4 Å². The van der Waals surface area contributed by atoms with Crippen LogP contribution in [-0.4, -0.2) is 46.2 Å². The van der Waals surface area contributed by atoms with E-state index in [4.69, 9.17) is 0 Å². The maximum Gasteiger partial charge on any atom is 0.416 e. The van der Waals surface area contributed by atoms with Crippen molar-refractivity contribution in [1.29, 1.82) is 0 Å². The molecule has 2 aliphatic rings. The summed E-state index contributed by atoms with van der Waals surface area (Å²) in [5, 5.41) is 2.61. The minimum atomic E-state index is -4.57. The minimum Gasteiger partial charge on any atom is -0.322 e. The summed E-state index contributed by atoms with van der Waals surface area (Å²) in [5.74, 6) is -0.0436. The van der Waals surface area contributed by atoms with E-state index in [0.717, 1.165) is 28.9 Å². The zero-order valence-electron chi connectivity index (χ0n) is 12.4. The maximum atomic E-state index is 12.7. The molecular formula is C15H13F3N2O3S. The molecule has 2 saturated heterocycles. The van der Waals surface area contributed by atoms with Crippen molar-refractivity contribution in [1.82, 2.24) is 10.2 Å². The number of hydrogen-bond donors (Lipinski definition) is 1. The molecule has 1 aromatic carbocycles. The second-order valence-corrected chi connectivity index (χ2v) is 6.81. The molecule has 0 radical (unpaired) electrons. The summed E-state index contributed by atoms with van der Waals surface area (Å²) >= 11 is 1.53. The number of imide groups is 1. The van der Waals surface area contributed by atoms with E-state index >= 15 is 0 Å². The zero-order chi connectivity index (χ0) is 17.5. The lowest BCUT2D eigenvalue weighted by Crippen LogP contribution is -2.47. The monoisotopic (exact) mass is 358 g/mol. The number of benzene rings is 1. The number of alkyl halides is 3. The molecule has 3 rings (SSSR count). The molecule has 2 heterocycles. The Labute approximate surface area is 139 Å². The van der Waals surface area contributed by atoms with Crippen LogP contribution in [0.5, 0.6) is 0 Å². The summed E-state index contributed by atoms with van der Waals surface area (Å²) in [7, 11) is 0. The Morgan fingerprint density at radius 2 is 2.08 bits per heavy atom. The van der Waals surface area contributed by atoms with Crippen LogP contribution < -0.4 is 5.32 Å². The van der Waals surface area contributed by atoms with Gasteiger partial charge in [-0.25, -0.2) is 4.79 Å².